The van der Waals surface area contributed by atoms with Crippen LogP contribution in [0.4, 0.5) is 0 Å². The second kappa shape index (κ2) is 6.11. The summed E-state index contributed by atoms with van der Waals surface area (Å²) in [6.07, 6.45) is 9.71. The number of carbonyl (C=O) groups excluding carboxylic acids is 1. The third-order valence-electron chi connectivity index (χ3n) is 11.8. The second-order valence-electron chi connectivity index (χ2n) is 12.6. The predicted molar refractivity (Wildman–Crippen MR) is 116 cm³/mol. The van der Waals surface area contributed by atoms with E-state index in [2.05, 4.69) is 25.9 Å². The van der Waals surface area contributed by atoms with Crippen LogP contribution in [0.1, 0.15) is 85.5 Å². The van der Waals surface area contributed by atoms with Crippen molar-refractivity contribution >= 4 is 11.5 Å². The number of nitrogens with zero attached hydrogens (tertiary/aromatic N) is 1. The monoisotopic (exact) mass is 413 g/mol. The largest absolute Gasteiger partial charge is 0.389 e. The van der Waals surface area contributed by atoms with Crippen molar-refractivity contribution in [2.75, 3.05) is 0 Å². The van der Waals surface area contributed by atoms with Gasteiger partial charge >= 0.3 is 0 Å². The van der Waals surface area contributed by atoms with Crippen LogP contribution in [0.15, 0.2) is 5.16 Å². The van der Waals surface area contributed by atoms with Crippen LogP contribution in [-0.2, 0) is 9.63 Å². The highest BCUT2D eigenvalue weighted by Crippen LogP contribution is 2.80. The minimum atomic E-state index is -0.458. The molecule has 1 N–H and O–H groups in total. The Labute approximate surface area is 181 Å². The van der Waals surface area contributed by atoms with Crippen LogP contribution < -0.4 is 0 Å². The molecule has 6 aliphatic rings. The molecule has 5 fully saturated rings. The van der Waals surface area contributed by atoms with E-state index in [-0.39, 0.29) is 28.3 Å². The van der Waals surface area contributed by atoms with Gasteiger partial charge < -0.3 is 9.94 Å². The van der Waals surface area contributed by atoms with Crippen molar-refractivity contribution in [3.8, 4) is 0 Å². The molecular weight excluding hydrogens is 374 g/mol. The van der Waals surface area contributed by atoms with E-state index in [9.17, 15) is 9.90 Å². The Morgan fingerprint density at radius 1 is 1.10 bits per heavy atom. The minimum Gasteiger partial charge on any atom is -0.389 e. The number of rotatable bonds is 3. The maximum absolute atomic E-state index is 13.5. The highest BCUT2D eigenvalue weighted by atomic mass is 16.7. The fourth-order valence-corrected chi connectivity index (χ4v) is 10.2. The molecule has 4 nitrogen and oxygen atoms in total. The summed E-state index contributed by atoms with van der Waals surface area (Å²) >= 11 is 0. The van der Waals surface area contributed by atoms with Crippen molar-refractivity contribution in [3.05, 3.63) is 0 Å². The predicted octanol–water partition coefficient (Wildman–Crippen LogP) is 4.99. The maximum atomic E-state index is 13.5. The first kappa shape index (κ1) is 19.8. The van der Waals surface area contributed by atoms with Crippen molar-refractivity contribution in [2.24, 2.45) is 56.9 Å². The molecule has 5 saturated carbocycles. The van der Waals surface area contributed by atoms with Gasteiger partial charge in [-0.3, -0.25) is 4.79 Å². The molecule has 6 rings (SSSR count). The molecule has 0 amide bonds. The van der Waals surface area contributed by atoms with Crippen LogP contribution in [0.5, 0.6) is 0 Å². The summed E-state index contributed by atoms with van der Waals surface area (Å²) in [6, 6.07) is 0. The van der Waals surface area contributed by atoms with Crippen LogP contribution in [-0.4, -0.2) is 28.8 Å². The zero-order chi connectivity index (χ0) is 21.1. The second-order valence-corrected chi connectivity index (χ2v) is 12.6. The summed E-state index contributed by atoms with van der Waals surface area (Å²) in [5.41, 5.74) is 1.59. The molecule has 5 aliphatic carbocycles. The van der Waals surface area contributed by atoms with Gasteiger partial charge in [0.1, 0.15) is 5.78 Å². The number of Topliss-reactive ketones (excluding diaryl/α,β-unsaturated/α-hetero) is 1. The summed E-state index contributed by atoms with van der Waals surface area (Å²) in [4.78, 5) is 19.0. The third kappa shape index (κ3) is 2.22. The lowest BCUT2D eigenvalue weighted by molar-refractivity contribution is -0.153. The van der Waals surface area contributed by atoms with Gasteiger partial charge in [0.05, 0.1) is 11.8 Å². The zero-order valence-corrected chi connectivity index (χ0v) is 19.2. The molecule has 0 bridgehead atoms. The van der Waals surface area contributed by atoms with Crippen molar-refractivity contribution in [2.45, 2.75) is 97.7 Å². The maximum Gasteiger partial charge on any atom is 0.158 e. The van der Waals surface area contributed by atoms with Crippen LogP contribution in [0.2, 0.25) is 0 Å². The highest BCUT2D eigenvalue weighted by Gasteiger charge is 2.77. The van der Waals surface area contributed by atoms with Crippen molar-refractivity contribution < 1.29 is 14.7 Å². The fraction of sp³-hybridized carbons (Fsp3) is 0.923. The Morgan fingerprint density at radius 3 is 2.60 bits per heavy atom. The van der Waals surface area contributed by atoms with Gasteiger partial charge in [-0.25, -0.2) is 0 Å². The Morgan fingerprint density at radius 2 is 1.90 bits per heavy atom. The molecule has 0 saturated heterocycles. The highest BCUT2D eigenvalue weighted by molar-refractivity contribution is 5.91. The summed E-state index contributed by atoms with van der Waals surface area (Å²) in [7, 11) is 0. The van der Waals surface area contributed by atoms with Crippen molar-refractivity contribution in [3.63, 3.8) is 0 Å². The van der Waals surface area contributed by atoms with E-state index in [1.54, 1.807) is 0 Å². The number of aliphatic hydroxyl groups is 1. The van der Waals surface area contributed by atoms with E-state index in [4.69, 9.17) is 4.84 Å². The molecule has 1 aliphatic heterocycles. The average molecular weight is 414 g/mol. The molecule has 4 heteroatoms. The summed E-state index contributed by atoms with van der Waals surface area (Å²) in [5, 5.41) is 15.2. The molecule has 1 spiro atoms. The lowest BCUT2D eigenvalue weighted by Gasteiger charge is -2.58. The van der Waals surface area contributed by atoms with Crippen LogP contribution in [0.25, 0.3) is 0 Å². The van der Waals surface area contributed by atoms with Gasteiger partial charge in [0.15, 0.2) is 6.10 Å². The number of fused-ring (bicyclic) bond motifs is 4. The first-order valence-corrected chi connectivity index (χ1v) is 12.6. The zero-order valence-electron chi connectivity index (χ0n) is 19.2. The normalized spacial score (nSPS) is 55.6. The van der Waals surface area contributed by atoms with E-state index in [1.807, 2.05) is 6.92 Å². The van der Waals surface area contributed by atoms with Gasteiger partial charge in [0, 0.05) is 18.3 Å². The van der Waals surface area contributed by atoms with Crippen molar-refractivity contribution in [1.82, 2.24) is 0 Å². The molecule has 0 aromatic rings. The smallest absolute Gasteiger partial charge is 0.158 e. The van der Waals surface area contributed by atoms with Crippen LogP contribution >= 0.6 is 0 Å². The summed E-state index contributed by atoms with van der Waals surface area (Å²) < 4.78 is 0. The van der Waals surface area contributed by atoms with Gasteiger partial charge in [0.2, 0.25) is 0 Å². The summed E-state index contributed by atoms with van der Waals surface area (Å²) in [5.74, 6) is 4.04. The standard InChI is InChI=1S/C26H39NO3/c1-14-11-21(30-27-14)23(29)15(2)18-5-6-19-17-12-22(28)26-13-16(26)7-10-25(26,4)20(17)8-9-24(18,19)3/h15-21,23,29H,5-13H2,1-4H3/t15-,16-,17+,18-,19+,20+,21-,23+,24-,25-,26+/m1/s1. The van der Waals surface area contributed by atoms with Crippen molar-refractivity contribution in [1.29, 1.82) is 0 Å². The SMILES string of the molecule is CC1=NO[C@@H]([C@@H](O)[C@H](C)[C@H]2CC[C@H]3[C@@H]4CC(=O)[C@]56C[C@H]5CC[C@]6(C)[C@H]4CC[C@]23C)C1. The van der Waals surface area contributed by atoms with Gasteiger partial charge in [-0.05, 0) is 98.2 Å². The number of carbonyl (C=O) groups is 1. The topological polar surface area (TPSA) is 58.9 Å². The Bertz CT molecular complexity index is 808. The molecule has 30 heavy (non-hydrogen) atoms. The Kier molecular flexibility index (Phi) is 4.03. The van der Waals surface area contributed by atoms with E-state index in [0.29, 0.717) is 29.5 Å². The summed E-state index contributed by atoms with van der Waals surface area (Å²) in [6.45, 7) is 9.21. The number of oxime groups is 1. The molecule has 11 atom stereocenters. The molecular formula is C26H39NO3. The quantitative estimate of drug-likeness (QED) is 0.709. The van der Waals surface area contributed by atoms with E-state index < -0.39 is 6.10 Å². The molecule has 0 aromatic carbocycles. The first-order chi connectivity index (χ1) is 14.2. The fourth-order valence-electron chi connectivity index (χ4n) is 10.2. The van der Waals surface area contributed by atoms with E-state index >= 15 is 0 Å². The minimum absolute atomic E-state index is 0.0844. The van der Waals surface area contributed by atoms with Gasteiger partial charge in [-0.1, -0.05) is 25.9 Å². The number of hydrogen-bond donors (Lipinski definition) is 1. The van der Waals surface area contributed by atoms with E-state index in [0.717, 1.165) is 24.5 Å². The Balaban J connectivity index is 1.25. The van der Waals surface area contributed by atoms with Gasteiger partial charge in [-0.15, -0.1) is 0 Å². The Hall–Kier alpha value is -0.900. The van der Waals surface area contributed by atoms with Gasteiger partial charge in [0.25, 0.3) is 0 Å². The van der Waals surface area contributed by atoms with Crippen LogP contribution in [0, 0.1) is 51.8 Å². The number of hydrogen-bond acceptors (Lipinski definition) is 4. The third-order valence-corrected chi connectivity index (χ3v) is 11.8. The van der Waals surface area contributed by atoms with E-state index in [1.165, 1.54) is 44.9 Å². The lowest BCUT2D eigenvalue weighted by Crippen LogP contribution is -2.55. The molecule has 0 radical (unpaired) electrons. The number of ketones is 1. The molecule has 166 valence electrons. The number of aliphatic hydroxyl groups excluding tert-OH is 1. The molecule has 0 unspecified atom stereocenters. The van der Waals surface area contributed by atoms with Gasteiger partial charge in [-0.2, -0.15) is 0 Å². The first-order valence-electron chi connectivity index (χ1n) is 12.6. The van der Waals surface area contributed by atoms with Crippen LogP contribution in [0.3, 0.4) is 0 Å². The lowest BCUT2D eigenvalue weighted by atomic mass is 9.45. The average Bonchev–Trinajstić information content (AvgIpc) is 2.94. The molecule has 0 aromatic heterocycles. The molecule has 1 heterocycles.